The third-order valence-corrected chi connectivity index (χ3v) is 5.83. The second-order valence-electron chi connectivity index (χ2n) is 6.29. The molecule has 1 aliphatic carbocycles. The number of ether oxygens (including phenoxy) is 1. The van der Waals surface area contributed by atoms with Crippen molar-refractivity contribution in [3.63, 3.8) is 0 Å². The van der Waals surface area contributed by atoms with Gasteiger partial charge in [0.2, 0.25) is 0 Å². The van der Waals surface area contributed by atoms with E-state index in [0.29, 0.717) is 18.5 Å². The van der Waals surface area contributed by atoms with Gasteiger partial charge >= 0.3 is 5.97 Å². The zero-order valence-electron chi connectivity index (χ0n) is 14.6. The number of fused-ring (bicyclic) bond motifs is 3. The average molecular weight is 348 g/mol. The van der Waals surface area contributed by atoms with Crippen molar-refractivity contribution in [3.8, 4) is 0 Å². The number of aryl methyl sites for hydroxylation is 2. The van der Waals surface area contributed by atoms with Crippen molar-refractivity contribution in [2.75, 3.05) is 6.61 Å². The maximum absolute atomic E-state index is 13.1. The Balaban J connectivity index is 2.18. The summed E-state index contributed by atoms with van der Waals surface area (Å²) in [7, 11) is 0. The lowest BCUT2D eigenvalue weighted by atomic mass is 9.86. The minimum absolute atomic E-state index is 0.000325. The smallest absolute Gasteiger partial charge is 0.313 e. The van der Waals surface area contributed by atoms with Gasteiger partial charge in [-0.15, -0.1) is 11.3 Å². The number of carbonyl (C=O) groups is 1. The Morgan fingerprint density at radius 1 is 1.42 bits per heavy atom. The van der Waals surface area contributed by atoms with Crippen LogP contribution in [0.25, 0.3) is 10.2 Å². The molecule has 0 aliphatic heterocycles. The molecule has 1 atom stereocenters. The van der Waals surface area contributed by atoms with Crippen LogP contribution in [0.5, 0.6) is 0 Å². The van der Waals surface area contributed by atoms with Crippen LogP contribution in [0.15, 0.2) is 4.79 Å². The molecule has 1 unspecified atom stereocenters. The molecule has 0 saturated heterocycles. The maximum Gasteiger partial charge on any atom is 0.313 e. The highest BCUT2D eigenvalue weighted by Crippen LogP contribution is 2.41. The zero-order valence-corrected chi connectivity index (χ0v) is 15.4. The maximum atomic E-state index is 13.1. The van der Waals surface area contributed by atoms with E-state index in [2.05, 4.69) is 11.9 Å². The molecule has 2 aromatic rings. The van der Waals surface area contributed by atoms with Crippen LogP contribution >= 0.6 is 11.3 Å². The second-order valence-corrected chi connectivity index (χ2v) is 7.37. The summed E-state index contributed by atoms with van der Waals surface area (Å²) in [4.78, 5) is 32.0. The average Bonchev–Trinajstić information content (AvgIpc) is 2.92. The molecule has 0 saturated carbocycles. The van der Waals surface area contributed by atoms with Gasteiger partial charge in [-0.25, -0.2) is 4.98 Å². The van der Waals surface area contributed by atoms with Gasteiger partial charge in [0, 0.05) is 11.4 Å². The fraction of sp³-hybridized carbons (Fsp3) is 0.611. The van der Waals surface area contributed by atoms with Gasteiger partial charge in [0.1, 0.15) is 10.7 Å². The van der Waals surface area contributed by atoms with E-state index in [1.54, 1.807) is 15.9 Å². The minimum atomic E-state index is -0.320. The van der Waals surface area contributed by atoms with Gasteiger partial charge in [0.25, 0.3) is 5.56 Å². The molecular formula is C18H24N2O3S. The van der Waals surface area contributed by atoms with Crippen LogP contribution in [0.1, 0.15) is 61.7 Å². The summed E-state index contributed by atoms with van der Waals surface area (Å²) in [6, 6.07) is 0. The summed E-state index contributed by atoms with van der Waals surface area (Å²) in [5.74, 6) is 0.227. The third-order valence-electron chi connectivity index (χ3n) is 4.67. The molecule has 0 aromatic carbocycles. The monoisotopic (exact) mass is 348 g/mol. The van der Waals surface area contributed by atoms with Gasteiger partial charge in [-0.05, 0) is 45.1 Å². The Morgan fingerprint density at radius 3 is 2.92 bits per heavy atom. The van der Waals surface area contributed by atoms with Crippen LogP contribution in [0, 0.1) is 6.92 Å². The van der Waals surface area contributed by atoms with Gasteiger partial charge in [0.15, 0.2) is 0 Å². The van der Waals surface area contributed by atoms with E-state index in [1.807, 2.05) is 13.8 Å². The summed E-state index contributed by atoms with van der Waals surface area (Å²) in [5, 5.41) is 0.648. The molecule has 2 heterocycles. The van der Waals surface area contributed by atoms with E-state index in [9.17, 15) is 9.59 Å². The molecule has 0 N–H and O–H groups in total. The van der Waals surface area contributed by atoms with Gasteiger partial charge in [-0.3, -0.25) is 14.2 Å². The normalized spacial score (nSPS) is 17.0. The lowest BCUT2D eigenvalue weighted by Gasteiger charge is -2.21. The molecule has 0 fully saturated rings. The standard InChI is InChI=1S/C18H24N2O3S/c1-4-6-10-20-11(3)19-16-15(17(20)21)14-12(18(22)23-5-2)8-7-9-13(14)24-16/h12H,4-10H2,1-3H3. The van der Waals surface area contributed by atoms with Gasteiger partial charge in [0.05, 0.1) is 17.9 Å². The van der Waals surface area contributed by atoms with Crippen LogP contribution < -0.4 is 5.56 Å². The van der Waals surface area contributed by atoms with E-state index < -0.39 is 0 Å². The number of nitrogens with zero attached hydrogens (tertiary/aromatic N) is 2. The molecule has 6 heteroatoms. The van der Waals surface area contributed by atoms with Crippen molar-refractivity contribution in [1.29, 1.82) is 0 Å². The summed E-state index contributed by atoms with van der Waals surface area (Å²) in [6.07, 6.45) is 4.59. The molecule has 0 amide bonds. The first-order chi connectivity index (χ1) is 11.6. The molecule has 1 aliphatic rings. The van der Waals surface area contributed by atoms with Crippen LogP contribution in [-0.2, 0) is 22.5 Å². The minimum Gasteiger partial charge on any atom is -0.466 e. The molecule has 0 spiro atoms. The van der Waals surface area contributed by atoms with E-state index >= 15 is 0 Å². The van der Waals surface area contributed by atoms with Crippen LogP contribution in [0.2, 0.25) is 0 Å². The number of aromatic nitrogens is 2. The van der Waals surface area contributed by atoms with Crippen molar-refractivity contribution in [1.82, 2.24) is 9.55 Å². The Hall–Kier alpha value is -1.69. The Morgan fingerprint density at radius 2 is 2.21 bits per heavy atom. The van der Waals surface area contributed by atoms with Crippen molar-refractivity contribution in [2.24, 2.45) is 0 Å². The predicted molar refractivity (Wildman–Crippen MR) is 95.8 cm³/mol. The predicted octanol–water partition coefficient (Wildman–Crippen LogP) is 3.55. The third kappa shape index (κ3) is 2.88. The van der Waals surface area contributed by atoms with Crippen LogP contribution in [0.4, 0.5) is 0 Å². The van der Waals surface area contributed by atoms with Crippen LogP contribution in [0.3, 0.4) is 0 Å². The second kappa shape index (κ2) is 7.05. The number of hydrogen-bond donors (Lipinski definition) is 0. The number of thiophene rings is 1. The topological polar surface area (TPSA) is 61.2 Å². The summed E-state index contributed by atoms with van der Waals surface area (Å²) >= 11 is 1.57. The van der Waals surface area contributed by atoms with E-state index in [-0.39, 0.29) is 17.4 Å². The SMILES string of the molecule is CCCCn1c(C)nc2sc3c(c2c1=O)C(C(=O)OCC)CCC3. The molecular weight excluding hydrogens is 324 g/mol. The van der Waals surface area contributed by atoms with Gasteiger partial charge in [-0.2, -0.15) is 0 Å². The lowest BCUT2D eigenvalue weighted by molar-refractivity contribution is -0.145. The molecule has 24 heavy (non-hydrogen) atoms. The Labute approximate surface area is 145 Å². The molecule has 130 valence electrons. The molecule has 0 radical (unpaired) electrons. The quantitative estimate of drug-likeness (QED) is 0.775. The number of unbranched alkanes of at least 4 members (excludes halogenated alkanes) is 1. The molecule has 5 nitrogen and oxygen atoms in total. The highest BCUT2D eigenvalue weighted by atomic mass is 32.1. The highest BCUT2D eigenvalue weighted by molar-refractivity contribution is 7.18. The summed E-state index contributed by atoms with van der Waals surface area (Å²) < 4.78 is 7.01. The summed E-state index contributed by atoms with van der Waals surface area (Å²) in [6.45, 7) is 6.85. The first-order valence-electron chi connectivity index (χ1n) is 8.77. The number of hydrogen-bond acceptors (Lipinski definition) is 5. The van der Waals surface area contributed by atoms with Crippen molar-refractivity contribution >= 4 is 27.5 Å². The van der Waals surface area contributed by atoms with Crippen LogP contribution in [-0.4, -0.2) is 22.1 Å². The largest absolute Gasteiger partial charge is 0.466 e. The van der Waals surface area contributed by atoms with Gasteiger partial charge < -0.3 is 4.74 Å². The summed E-state index contributed by atoms with van der Waals surface area (Å²) in [5.41, 5.74) is 0.891. The van der Waals surface area contributed by atoms with Crippen molar-refractivity contribution in [3.05, 3.63) is 26.6 Å². The Bertz CT molecular complexity index is 822. The van der Waals surface area contributed by atoms with E-state index in [0.717, 1.165) is 53.2 Å². The molecule has 0 bridgehead atoms. The zero-order chi connectivity index (χ0) is 17.3. The lowest BCUT2D eigenvalue weighted by Crippen LogP contribution is -2.26. The number of carbonyl (C=O) groups excluding carboxylic acids is 1. The van der Waals surface area contributed by atoms with E-state index in [1.165, 1.54) is 0 Å². The van der Waals surface area contributed by atoms with Crippen molar-refractivity contribution < 1.29 is 9.53 Å². The van der Waals surface area contributed by atoms with Gasteiger partial charge in [-0.1, -0.05) is 13.3 Å². The molecule has 2 aromatic heterocycles. The first-order valence-corrected chi connectivity index (χ1v) is 9.59. The van der Waals surface area contributed by atoms with E-state index in [4.69, 9.17) is 4.74 Å². The molecule has 3 rings (SSSR count). The fourth-order valence-electron chi connectivity index (χ4n) is 3.48. The Kier molecular flexibility index (Phi) is 5.04. The fourth-order valence-corrected chi connectivity index (χ4v) is 4.79. The first kappa shape index (κ1) is 17.1. The number of rotatable bonds is 5. The number of esters is 1. The van der Waals surface area contributed by atoms with Crippen molar-refractivity contribution in [2.45, 2.75) is 65.3 Å². The highest BCUT2D eigenvalue weighted by Gasteiger charge is 2.33.